The van der Waals surface area contributed by atoms with Gasteiger partial charge in [-0.15, -0.1) is 0 Å². The topological polar surface area (TPSA) is 0 Å². The molecule has 0 unspecified atom stereocenters. The van der Waals surface area contributed by atoms with Crippen LogP contribution in [-0.4, -0.2) is 0 Å². The van der Waals surface area contributed by atoms with Crippen molar-refractivity contribution in [2.75, 3.05) is 0 Å². The van der Waals surface area contributed by atoms with Gasteiger partial charge in [-0.3, -0.25) is 0 Å². The third-order valence-corrected chi connectivity index (χ3v) is 1.64. The van der Waals surface area contributed by atoms with Crippen LogP contribution in [0.4, 0.5) is 0 Å². The van der Waals surface area contributed by atoms with Crippen molar-refractivity contribution in [1.82, 2.24) is 0 Å². The van der Waals surface area contributed by atoms with E-state index in [0.717, 1.165) is 5.92 Å². The van der Waals surface area contributed by atoms with Crippen molar-refractivity contribution in [2.24, 2.45) is 5.92 Å². The maximum atomic E-state index is 2.34. The summed E-state index contributed by atoms with van der Waals surface area (Å²) in [6.45, 7) is 10.8. The Balaban J connectivity index is 0. The van der Waals surface area contributed by atoms with E-state index in [-0.39, 0.29) is 0 Å². The summed E-state index contributed by atoms with van der Waals surface area (Å²) in [5.74, 6) is 1.05. The van der Waals surface area contributed by atoms with E-state index in [0.29, 0.717) is 0 Å². The molecule has 0 spiro atoms. The fraction of sp³-hybridized carbons (Fsp3) is 1.00. The van der Waals surface area contributed by atoms with Gasteiger partial charge in [-0.05, 0) is 5.92 Å². The molecule has 1 rings (SSSR count). The SMILES string of the molecule is CC1CCCC1.CCC.CCC. The van der Waals surface area contributed by atoms with Crippen LogP contribution in [-0.2, 0) is 0 Å². The van der Waals surface area contributed by atoms with Crippen LogP contribution in [0.2, 0.25) is 0 Å². The lowest BCUT2D eigenvalue weighted by atomic mass is 10.2. The Bertz CT molecular complexity index is 49.1. The lowest BCUT2D eigenvalue weighted by Crippen LogP contribution is -1.78. The number of hydrogen-bond donors (Lipinski definition) is 0. The molecule has 0 heteroatoms. The zero-order chi connectivity index (χ0) is 9.82. The van der Waals surface area contributed by atoms with Crippen LogP contribution in [0.5, 0.6) is 0 Å². The highest BCUT2D eigenvalue weighted by Crippen LogP contribution is 2.22. The molecule has 0 heterocycles. The molecule has 12 heavy (non-hydrogen) atoms. The third kappa shape index (κ3) is 16.5. The monoisotopic (exact) mass is 172 g/mol. The molecule has 0 saturated heterocycles. The molecule has 0 radical (unpaired) electrons. The van der Waals surface area contributed by atoms with Crippen LogP contribution in [0.3, 0.4) is 0 Å². The van der Waals surface area contributed by atoms with Crippen molar-refractivity contribution in [2.45, 2.75) is 73.1 Å². The predicted octanol–water partition coefficient (Wildman–Crippen LogP) is 5.03. The second-order valence-electron chi connectivity index (χ2n) is 3.80. The van der Waals surface area contributed by atoms with Crippen LogP contribution in [0.15, 0.2) is 0 Å². The number of hydrogen-bond acceptors (Lipinski definition) is 0. The fourth-order valence-electron chi connectivity index (χ4n) is 1.13. The quantitative estimate of drug-likeness (QED) is 0.481. The predicted molar refractivity (Wildman–Crippen MR) is 59.6 cm³/mol. The van der Waals surface area contributed by atoms with Crippen molar-refractivity contribution in [3.05, 3.63) is 0 Å². The van der Waals surface area contributed by atoms with Gasteiger partial charge in [0.25, 0.3) is 0 Å². The van der Waals surface area contributed by atoms with Gasteiger partial charge in [0.2, 0.25) is 0 Å². The van der Waals surface area contributed by atoms with E-state index in [9.17, 15) is 0 Å². The Morgan fingerprint density at radius 2 is 1.08 bits per heavy atom. The lowest BCUT2D eigenvalue weighted by molar-refractivity contribution is 0.612. The van der Waals surface area contributed by atoms with Crippen LogP contribution < -0.4 is 0 Å². The summed E-state index contributed by atoms with van der Waals surface area (Å²) >= 11 is 0. The summed E-state index contributed by atoms with van der Waals surface area (Å²) in [7, 11) is 0. The van der Waals surface area contributed by atoms with Gasteiger partial charge in [-0.2, -0.15) is 0 Å². The minimum atomic E-state index is 1.05. The molecule has 0 aliphatic heterocycles. The molecule has 1 saturated carbocycles. The maximum Gasteiger partial charge on any atom is -0.0443 e. The highest BCUT2D eigenvalue weighted by molar-refractivity contribution is 4.60. The average Bonchev–Trinajstić information content (AvgIpc) is 2.43. The molecular weight excluding hydrogens is 144 g/mol. The maximum absolute atomic E-state index is 2.34. The summed E-state index contributed by atoms with van der Waals surface area (Å²) in [5, 5.41) is 0. The molecule has 0 nitrogen and oxygen atoms in total. The largest absolute Gasteiger partial charge is 0.0656 e. The van der Waals surface area contributed by atoms with Crippen LogP contribution in [0.1, 0.15) is 73.1 Å². The van der Waals surface area contributed by atoms with E-state index in [1.54, 1.807) is 0 Å². The summed E-state index contributed by atoms with van der Waals surface area (Å²) in [6, 6.07) is 0. The van der Waals surface area contributed by atoms with E-state index in [2.05, 4.69) is 34.6 Å². The summed E-state index contributed by atoms with van der Waals surface area (Å²) < 4.78 is 0. The van der Waals surface area contributed by atoms with Crippen molar-refractivity contribution in [3.63, 3.8) is 0 Å². The highest BCUT2D eigenvalue weighted by Gasteiger charge is 2.07. The standard InChI is InChI=1S/C6H12.2C3H8/c1-6-4-2-3-5-6;2*1-3-2/h6H,2-5H2,1H3;2*3H2,1-2H3. The Morgan fingerprint density at radius 1 is 0.833 bits per heavy atom. The molecule has 76 valence electrons. The van der Waals surface area contributed by atoms with E-state index in [1.165, 1.54) is 38.5 Å². The normalized spacial score (nSPS) is 15.8. The molecule has 1 aliphatic carbocycles. The Labute approximate surface area is 79.8 Å². The number of rotatable bonds is 0. The molecule has 0 atom stereocenters. The van der Waals surface area contributed by atoms with Crippen LogP contribution in [0.25, 0.3) is 0 Å². The third-order valence-electron chi connectivity index (χ3n) is 1.64. The second kappa shape index (κ2) is 13.6. The van der Waals surface area contributed by atoms with E-state index >= 15 is 0 Å². The van der Waals surface area contributed by atoms with Gasteiger partial charge in [0.1, 0.15) is 0 Å². The van der Waals surface area contributed by atoms with Gasteiger partial charge in [0.15, 0.2) is 0 Å². The smallest absolute Gasteiger partial charge is 0.0443 e. The molecule has 0 bridgehead atoms. The van der Waals surface area contributed by atoms with E-state index in [1.807, 2.05) is 0 Å². The van der Waals surface area contributed by atoms with Crippen LogP contribution in [0, 0.1) is 5.92 Å². The molecule has 0 amide bonds. The minimum Gasteiger partial charge on any atom is -0.0656 e. The first kappa shape index (κ1) is 14.5. The van der Waals surface area contributed by atoms with Crippen molar-refractivity contribution in [1.29, 1.82) is 0 Å². The van der Waals surface area contributed by atoms with E-state index < -0.39 is 0 Å². The minimum absolute atomic E-state index is 1.05. The molecule has 1 aliphatic rings. The average molecular weight is 172 g/mol. The van der Waals surface area contributed by atoms with Gasteiger partial charge in [-0.1, -0.05) is 73.1 Å². The highest BCUT2D eigenvalue weighted by atomic mass is 14.1. The van der Waals surface area contributed by atoms with Gasteiger partial charge in [0.05, 0.1) is 0 Å². The zero-order valence-corrected chi connectivity index (χ0v) is 9.82. The summed E-state index contributed by atoms with van der Waals surface area (Å²) in [4.78, 5) is 0. The second-order valence-corrected chi connectivity index (χ2v) is 3.80. The van der Waals surface area contributed by atoms with Crippen LogP contribution >= 0.6 is 0 Å². The zero-order valence-electron chi connectivity index (χ0n) is 9.82. The molecular formula is C12H28. The summed E-state index contributed by atoms with van der Waals surface area (Å²) in [6.07, 6.45) is 8.45. The van der Waals surface area contributed by atoms with Gasteiger partial charge in [-0.25, -0.2) is 0 Å². The van der Waals surface area contributed by atoms with E-state index in [4.69, 9.17) is 0 Å². The Kier molecular flexibility index (Phi) is 16.4. The summed E-state index contributed by atoms with van der Waals surface area (Å²) in [5.41, 5.74) is 0. The molecule has 1 fully saturated rings. The van der Waals surface area contributed by atoms with Crippen molar-refractivity contribution < 1.29 is 0 Å². The Hall–Kier alpha value is 0. The molecule has 0 aromatic rings. The van der Waals surface area contributed by atoms with Gasteiger partial charge >= 0.3 is 0 Å². The first-order chi connectivity index (χ1) is 5.72. The van der Waals surface area contributed by atoms with Gasteiger partial charge in [0, 0.05) is 0 Å². The lowest BCUT2D eigenvalue weighted by Gasteiger charge is -1.91. The molecule has 0 aromatic heterocycles. The first-order valence-electron chi connectivity index (χ1n) is 5.72. The van der Waals surface area contributed by atoms with Gasteiger partial charge < -0.3 is 0 Å². The first-order valence-corrected chi connectivity index (χ1v) is 5.72. The van der Waals surface area contributed by atoms with Crippen molar-refractivity contribution >= 4 is 0 Å². The fourth-order valence-corrected chi connectivity index (χ4v) is 1.13. The molecule has 0 N–H and O–H groups in total. The molecule has 0 aromatic carbocycles. The Morgan fingerprint density at radius 3 is 1.17 bits per heavy atom. The van der Waals surface area contributed by atoms with Crippen molar-refractivity contribution in [3.8, 4) is 0 Å².